The summed E-state index contributed by atoms with van der Waals surface area (Å²) in [7, 11) is -5.53. The van der Waals surface area contributed by atoms with Gasteiger partial charge in [0.05, 0.1) is 17.2 Å². The van der Waals surface area contributed by atoms with Gasteiger partial charge in [-0.15, -0.1) is 0 Å². The summed E-state index contributed by atoms with van der Waals surface area (Å²) in [6, 6.07) is 4.17. The lowest BCUT2D eigenvalue weighted by Crippen LogP contribution is -2.33. The van der Waals surface area contributed by atoms with Crippen LogP contribution in [0, 0.1) is 0 Å². The van der Waals surface area contributed by atoms with E-state index in [-0.39, 0.29) is 25.4 Å². The van der Waals surface area contributed by atoms with E-state index in [4.69, 9.17) is 0 Å². The Morgan fingerprint density at radius 3 is 2.31 bits per heavy atom. The van der Waals surface area contributed by atoms with E-state index in [1.54, 1.807) is 6.07 Å². The fourth-order valence-corrected chi connectivity index (χ4v) is 3.56. The molecule has 1 saturated heterocycles. The van der Waals surface area contributed by atoms with Gasteiger partial charge in [-0.25, -0.2) is 18.1 Å². The molecule has 0 radical (unpaired) electrons. The van der Waals surface area contributed by atoms with Crippen LogP contribution in [0.3, 0.4) is 0 Å². The van der Waals surface area contributed by atoms with Crippen LogP contribution >= 0.6 is 0 Å². The summed E-state index contributed by atoms with van der Waals surface area (Å²) in [6.07, 6.45) is 2.89. The molecule has 3 amide bonds. The van der Waals surface area contributed by atoms with E-state index < -0.39 is 32.2 Å². The lowest BCUT2D eigenvalue weighted by Gasteiger charge is -2.18. The van der Waals surface area contributed by atoms with Crippen LogP contribution in [0.1, 0.15) is 11.1 Å². The minimum atomic E-state index is -5.53. The van der Waals surface area contributed by atoms with Crippen molar-refractivity contribution >= 4 is 27.5 Å². The Labute approximate surface area is 163 Å². The number of urea groups is 1. The normalized spacial score (nSPS) is 15.3. The zero-order valence-corrected chi connectivity index (χ0v) is 15.4. The molecular weight excluding hydrogens is 415 g/mol. The maximum absolute atomic E-state index is 12.6. The minimum Gasteiger partial charge on any atom is -0.392 e. The molecule has 2 heterocycles. The highest BCUT2D eigenvalue weighted by molar-refractivity contribution is 7.92. The number of benzene rings is 1. The molecule has 0 bridgehead atoms. The van der Waals surface area contributed by atoms with Gasteiger partial charge in [-0.1, -0.05) is 0 Å². The number of aromatic nitrogens is 1. The molecule has 1 aromatic carbocycles. The van der Waals surface area contributed by atoms with Crippen LogP contribution in [0.5, 0.6) is 0 Å². The lowest BCUT2D eigenvalue weighted by atomic mass is 10.1. The number of carbonyl (C=O) groups excluding carboxylic acids is 2. The van der Waals surface area contributed by atoms with Gasteiger partial charge in [-0.2, -0.15) is 13.2 Å². The van der Waals surface area contributed by atoms with Crippen LogP contribution in [0.15, 0.2) is 47.6 Å². The first kappa shape index (κ1) is 20.7. The highest BCUT2D eigenvalue weighted by atomic mass is 32.2. The summed E-state index contributed by atoms with van der Waals surface area (Å²) in [5, 5.41) is 9.34. The molecule has 29 heavy (non-hydrogen) atoms. The molecule has 0 spiro atoms. The second-order valence-electron chi connectivity index (χ2n) is 6.11. The molecule has 1 aromatic heterocycles. The second-order valence-corrected chi connectivity index (χ2v) is 8.05. The van der Waals surface area contributed by atoms with Crippen LogP contribution in [0.2, 0.25) is 0 Å². The van der Waals surface area contributed by atoms with Gasteiger partial charge >= 0.3 is 11.5 Å². The summed E-state index contributed by atoms with van der Waals surface area (Å²) < 4.78 is 60.7. The number of hydrogen-bond acceptors (Lipinski definition) is 6. The van der Waals surface area contributed by atoms with Crippen LogP contribution in [-0.2, 0) is 27.8 Å². The maximum atomic E-state index is 12.6. The van der Waals surface area contributed by atoms with E-state index >= 15 is 0 Å². The van der Waals surface area contributed by atoms with Gasteiger partial charge in [0.15, 0.2) is 0 Å². The van der Waals surface area contributed by atoms with Crippen LogP contribution in [-0.4, -0.2) is 47.4 Å². The number of aliphatic hydroxyl groups is 1. The van der Waals surface area contributed by atoms with Gasteiger partial charge < -0.3 is 10.0 Å². The number of imide groups is 1. The molecule has 0 atom stereocenters. The van der Waals surface area contributed by atoms with Gasteiger partial charge in [-0.3, -0.25) is 9.78 Å². The fraction of sp³-hybridized carbons (Fsp3) is 0.235. The third-order valence-electron chi connectivity index (χ3n) is 4.28. The SMILES string of the molecule is O=C1CN(Cc2ccncc2CO)C(=O)N1c1ccc(S(=O)(=O)C(F)(F)F)cc1. The largest absolute Gasteiger partial charge is 0.501 e. The maximum Gasteiger partial charge on any atom is 0.501 e. The second kappa shape index (κ2) is 7.44. The summed E-state index contributed by atoms with van der Waals surface area (Å²) >= 11 is 0. The number of sulfone groups is 1. The fourth-order valence-electron chi connectivity index (χ4n) is 2.79. The molecule has 1 aliphatic heterocycles. The molecule has 1 N–H and O–H groups in total. The lowest BCUT2D eigenvalue weighted by molar-refractivity contribution is -0.116. The number of hydrogen-bond donors (Lipinski definition) is 1. The molecule has 1 fully saturated rings. The number of amides is 3. The topological polar surface area (TPSA) is 108 Å². The van der Waals surface area contributed by atoms with Crippen molar-refractivity contribution in [2.45, 2.75) is 23.6 Å². The van der Waals surface area contributed by atoms with E-state index in [2.05, 4.69) is 4.98 Å². The predicted octanol–water partition coefficient (Wildman–Crippen LogP) is 1.84. The summed E-state index contributed by atoms with van der Waals surface area (Å²) in [5.41, 5.74) is -4.45. The Morgan fingerprint density at radius 2 is 1.72 bits per heavy atom. The Kier molecular flexibility index (Phi) is 5.32. The summed E-state index contributed by atoms with van der Waals surface area (Å²) in [5.74, 6) is -0.624. The third kappa shape index (κ3) is 3.80. The van der Waals surface area contributed by atoms with Crippen molar-refractivity contribution in [3.63, 3.8) is 0 Å². The zero-order valence-electron chi connectivity index (χ0n) is 14.6. The van der Waals surface area contributed by atoms with Crippen molar-refractivity contribution in [2.24, 2.45) is 0 Å². The number of anilines is 1. The number of halogens is 3. The van der Waals surface area contributed by atoms with E-state index in [1.807, 2.05) is 0 Å². The van der Waals surface area contributed by atoms with Crippen molar-refractivity contribution in [3.8, 4) is 0 Å². The van der Waals surface area contributed by atoms with Crippen molar-refractivity contribution in [1.29, 1.82) is 0 Å². The van der Waals surface area contributed by atoms with E-state index in [9.17, 15) is 36.3 Å². The van der Waals surface area contributed by atoms with Gasteiger partial charge in [0.2, 0.25) is 0 Å². The number of pyridine rings is 1. The molecule has 0 aliphatic carbocycles. The zero-order chi connectivity index (χ0) is 21.4. The average molecular weight is 429 g/mol. The molecule has 154 valence electrons. The van der Waals surface area contributed by atoms with Gasteiger partial charge in [0, 0.05) is 24.5 Å². The molecule has 1 aliphatic rings. The molecule has 0 unspecified atom stereocenters. The van der Waals surface area contributed by atoms with E-state index in [0.717, 1.165) is 17.0 Å². The number of carbonyl (C=O) groups is 2. The summed E-state index contributed by atoms with van der Waals surface area (Å²) in [6.45, 7) is -0.577. The van der Waals surface area contributed by atoms with Crippen molar-refractivity contribution < 1.29 is 36.3 Å². The Morgan fingerprint density at radius 1 is 1.07 bits per heavy atom. The Balaban J connectivity index is 1.83. The van der Waals surface area contributed by atoms with Gasteiger partial charge in [0.25, 0.3) is 15.7 Å². The Hall–Kier alpha value is -2.99. The van der Waals surface area contributed by atoms with Crippen LogP contribution in [0.4, 0.5) is 23.7 Å². The van der Waals surface area contributed by atoms with Crippen molar-refractivity contribution in [1.82, 2.24) is 9.88 Å². The first-order valence-corrected chi connectivity index (χ1v) is 9.60. The highest BCUT2D eigenvalue weighted by Crippen LogP contribution is 2.32. The molecular formula is C17H14F3N3O5S. The third-order valence-corrected chi connectivity index (χ3v) is 5.79. The molecule has 3 rings (SSSR count). The van der Waals surface area contributed by atoms with Crippen LogP contribution < -0.4 is 4.90 Å². The minimum absolute atomic E-state index is 0.0139. The monoisotopic (exact) mass is 429 g/mol. The average Bonchev–Trinajstić information content (AvgIpc) is 2.94. The van der Waals surface area contributed by atoms with Gasteiger partial charge in [0.1, 0.15) is 6.54 Å². The number of rotatable bonds is 5. The summed E-state index contributed by atoms with van der Waals surface area (Å²) in [4.78, 5) is 29.7. The molecule has 8 nitrogen and oxygen atoms in total. The number of nitrogens with zero attached hydrogens (tertiary/aromatic N) is 3. The predicted molar refractivity (Wildman–Crippen MR) is 93.1 cm³/mol. The standard InChI is InChI=1S/C17H14F3N3O5S/c18-17(19,20)29(27,28)14-3-1-13(2-4-14)23-15(25)9-22(16(23)26)8-11-5-6-21-7-12(11)10-24/h1-7,24H,8-10H2. The quantitative estimate of drug-likeness (QED) is 0.727. The van der Waals surface area contributed by atoms with E-state index in [1.165, 1.54) is 17.3 Å². The first-order chi connectivity index (χ1) is 13.6. The molecule has 0 saturated carbocycles. The smallest absolute Gasteiger partial charge is 0.392 e. The molecule has 2 aromatic rings. The Bertz CT molecular complexity index is 1050. The van der Waals surface area contributed by atoms with Crippen LogP contribution in [0.25, 0.3) is 0 Å². The number of aliphatic hydroxyl groups excluding tert-OH is 1. The van der Waals surface area contributed by atoms with Gasteiger partial charge in [-0.05, 0) is 35.9 Å². The van der Waals surface area contributed by atoms with Crippen molar-refractivity contribution in [3.05, 3.63) is 53.9 Å². The highest BCUT2D eigenvalue weighted by Gasteiger charge is 2.47. The molecule has 12 heteroatoms. The first-order valence-electron chi connectivity index (χ1n) is 8.12. The number of alkyl halides is 3. The van der Waals surface area contributed by atoms with Crippen molar-refractivity contribution in [2.75, 3.05) is 11.4 Å². The van der Waals surface area contributed by atoms with E-state index in [0.29, 0.717) is 23.3 Å².